The molecule has 30 heavy (non-hydrogen) atoms. The lowest BCUT2D eigenvalue weighted by atomic mass is 10.4. The van der Waals surface area contributed by atoms with Crippen molar-refractivity contribution in [2.75, 3.05) is 0 Å². The van der Waals surface area contributed by atoms with Gasteiger partial charge in [0.2, 0.25) is 0 Å². The first kappa shape index (κ1) is 36.9. The van der Waals surface area contributed by atoms with Crippen molar-refractivity contribution >= 4 is 29.8 Å². The third-order valence-electron chi connectivity index (χ3n) is 1.83. The van der Waals surface area contributed by atoms with Crippen LogP contribution < -0.4 is 0 Å². The minimum Gasteiger partial charge on any atom is -0.478 e. The van der Waals surface area contributed by atoms with E-state index in [4.69, 9.17) is 25.5 Å². The maximum absolute atomic E-state index is 9.60. The summed E-state index contributed by atoms with van der Waals surface area (Å²) in [6.45, 7) is 23.0. The number of aliphatic carboxylic acids is 5. The van der Waals surface area contributed by atoms with Crippen molar-refractivity contribution in [2.45, 2.75) is 34.6 Å². The van der Waals surface area contributed by atoms with E-state index < -0.39 is 29.8 Å². The van der Waals surface area contributed by atoms with Crippen molar-refractivity contribution in [1.29, 1.82) is 0 Å². The largest absolute Gasteiger partial charge is 0.478 e. The second kappa shape index (κ2) is 21.4. The average Bonchev–Trinajstić information content (AvgIpc) is 2.56. The quantitative estimate of drug-likeness (QED) is 0.405. The van der Waals surface area contributed by atoms with E-state index in [-0.39, 0.29) is 27.9 Å². The summed E-state index contributed by atoms with van der Waals surface area (Å²) in [6.07, 6.45) is 0. The molecule has 10 heteroatoms. The molecule has 0 unspecified atom stereocenters. The first-order valence-corrected chi connectivity index (χ1v) is 7.66. The average molecular weight is 430 g/mol. The molecular formula is C20H30O10. The molecule has 0 aromatic carbocycles. The van der Waals surface area contributed by atoms with Crippen molar-refractivity contribution in [2.24, 2.45) is 0 Å². The molecule has 0 aromatic heterocycles. The van der Waals surface area contributed by atoms with Crippen LogP contribution in [-0.4, -0.2) is 55.4 Å². The highest BCUT2D eigenvalue weighted by atomic mass is 16.4. The molecule has 0 aliphatic carbocycles. The molecule has 170 valence electrons. The molecule has 10 nitrogen and oxygen atoms in total. The lowest BCUT2D eigenvalue weighted by Gasteiger charge is -1.79. The summed E-state index contributed by atoms with van der Waals surface area (Å²) in [5, 5.41) is 39.5. The Kier molecular flexibility index (Phi) is 26.3. The van der Waals surface area contributed by atoms with Crippen molar-refractivity contribution in [3.8, 4) is 0 Å². The number of carbonyl (C=O) groups is 5. The molecule has 0 aromatic rings. The van der Waals surface area contributed by atoms with Gasteiger partial charge in [-0.15, -0.1) is 0 Å². The van der Waals surface area contributed by atoms with Gasteiger partial charge in [-0.25, -0.2) is 24.0 Å². The van der Waals surface area contributed by atoms with E-state index in [0.29, 0.717) is 0 Å². The summed E-state index contributed by atoms with van der Waals surface area (Å²) in [4.78, 5) is 48.0. The maximum atomic E-state index is 9.60. The van der Waals surface area contributed by atoms with Crippen LogP contribution in [0, 0.1) is 0 Å². The van der Waals surface area contributed by atoms with Crippen LogP contribution in [0.3, 0.4) is 0 Å². The molecule has 0 amide bonds. The van der Waals surface area contributed by atoms with Gasteiger partial charge in [0.05, 0.1) is 0 Å². The van der Waals surface area contributed by atoms with Gasteiger partial charge in [-0.3, -0.25) is 0 Å². The number of carboxylic acids is 5. The van der Waals surface area contributed by atoms with Gasteiger partial charge in [-0.05, 0) is 34.6 Å². The van der Waals surface area contributed by atoms with Crippen molar-refractivity contribution in [3.05, 3.63) is 60.8 Å². The molecule has 0 saturated carbocycles. The minimum atomic E-state index is -0.935. The van der Waals surface area contributed by atoms with E-state index >= 15 is 0 Å². The van der Waals surface area contributed by atoms with Crippen molar-refractivity contribution in [3.63, 3.8) is 0 Å². The Hall–Kier alpha value is -3.95. The maximum Gasteiger partial charge on any atom is 0.330 e. The zero-order valence-electron chi connectivity index (χ0n) is 17.8. The highest BCUT2D eigenvalue weighted by Crippen LogP contribution is 1.83. The predicted molar refractivity (Wildman–Crippen MR) is 112 cm³/mol. The molecule has 0 spiro atoms. The van der Waals surface area contributed by atoms with E-state index in [2.05, 4.69) is 32.9 Å². The van der Waals surface area contributed by atoms with Crippen LogP contribution in [0.1, 0.15) is 34.6 Å². The fourth-order valence-electron chi connectivity index (χ4n) is 0. The summed E-state index contributed by atoms with van der Waals surface area (Å²) in [5.41, 5.74) is 0.880. The van der Waals surface area contributed by atoms with Gasteiger partial charge in [0, 0.05) is 27.9 Å². The molecule has 0 bridgehead atoms. The Bertz CT molecular complexity index is 497. The van der Waals surface area contributed by atoms with Crippen molar-refractivity contribution < 1.29 is 49.5 Å². The van der Waals surface area contributed by atoms with E-state index in [1.54, 1.807) is 0 Å². The molecule has 0 saturated heterocycles. The predicted octanol–water partition coefficient (Wildman–Crippen LogP) is 3.24. The highest BCUT2D eigenvalue weighted by molar-refractivity contribution is 5.86. The van der Waals surface area contributed by atoms with Gasteiger partial charge in [0.25, 0.3) is 0 Å². The lowest BCUT2D eigenvalue weighted by molar-refractivity contribution is -0.133. The fraction of sp³-hybridized carbons (Fsp3) is 0.250. The Morgan fingerprint density at radius 1 is 0.367 bits per heavy atom. The molecule has 0 aliphatic heterocycles. The van der Waals surface area contributed by atoms with Crippen LogP contribution in [0.5, 0.6) is 0 Å². The highest BCUT2D eigenvalue weighted by Gasteiger charge is 1.92. The van der Waals surface area contributed by atoms with E-state index in [9.17, 15) is 24.0 Å². The normalized spacial score (nSPS) is 7.50. The third kappa shape index (κ3) is 49.6. The smallest absolute Gasteiger partial charge is 0.330 e. The first-order valence-electron chi connectivity index (χ1n) is 7.66. The van der Waals surface area contributed by atoms with Crippen LogP contribution in [0.25, 0.3) is 0 Å². The van der Waals surface area contributed by atoms with Gasteiger partial charge in [-0.1, -0.05) is 32.9 Å². The van der Waals surface area contributed by atoms with E-state index in [0.717, 1.165) is 0 Å². The van der Waals surface area contributed by atoms with Gasteiger partial charge in [0.15, 0.2) is 0 Å². The van der Waals surface area contributed by atoms with Crippen LogP contribution in [0.2, 0.25) is 0 Å². The topological polar surface area (TPSA) is 186 Å². The lowest BCUT2D eigenvalue weighted by Crippen LogP contribution is -1.92. The van der Waals surface area contributed by atoms with Gasteiger partial charge < -0.3 is 25.5 Å². The summed E-state index contributed by atoms with van der Waals surface area (Å²) in [6, 6.07) is 0. The molecule has 5 N–H and O–H groups in total. The molecule has 0 fully saturated rings. The Labute approximate surface area is 175 Å². The van der Waals surface area contributed by atoms with Gasteiger partial charge in [0.1, 0.15) is 0 Å². The standard InChI is InChI=1S/5C4H6O2/c5*1-3(2)4(5)6/h5*1H2,2H3,(H,5,6). The third-order valence-corrected chi connectivity index (χ3v) is 1.83. The minimum absolute atomic E-state index is 0.176. The Balaban J connectivity index is -0.0000000868. The molecule has 0 aliphatic rings. The van der Waals surface area contributed by atoms with Crippen LogP contribution in [0.4, 0.5) is 0 Å². The number of carboxylic acid groups (broad SMARTS) is 5. The first-order chi connectivity index (χ1) is 13.2. The summed E-state index contributed by atoms with van der Waals surface area (Å²) >= 11 is 0. The Morgan fingerprint density at radius 2 is 0.400 bits per heavy atom. The number of rotatable bonds is 5. The molecule has 0 radical (unpaired) electrons. The van der Waals surface area contributed by atoms with E-state index in [1.807, 2.05) is 0 Å². The summed E-state index contributed by atoms with van der Waals surface area (Å²) in [5.74, 6) is -4.68. The number of hydrogen-bond acceptors (Lipinski definition) is 5. The fourth-order valence-corrected chi connectivity index (χ4v) is 0. The Morgan fingerprint density at radius 3 is 0.400 bits per heavy atom. The molecular weight excluding hydrogens is 400 g/mol. The molecule has 0 rings (SSSR count). The summed E-state index contributed by atoms with van der Waals surface area (Å²) < 4.78 is 0. The molecule has 0 atom stereocenters. The van der Waals surface area contributed by atoms with E-state index in [1.165, 1.54) is 34.6 Å². The summed E-state index contributed by atoms with van der Waals surface area (Å²) in [7, 11) is 0. The van der Waals surface area contributed by atoms with Crippen LogP contribution in [-0.2, 0) is 24.0 Å². The molecule has 0 heterocycles. The monoisotopic (exact) mass is 430 g/mol. The second-order valence-corrected chi connectivity index (χ2v) is 5.43. The second-order valence-electron chi connectivity index (χ2n) is 5.43. The van der Waals surface area contributed by atoms with Crippen LogP contribution >= 0.6 is 0 Å². The van der Waals surface area contributed by atoms with Gasteiger partial charge in [-0.2, -0.15) is 0 Å². The van der Waals surface area contributed by atoms with Crippen LogP contribution in [0.15, 0.2) is 60.8 Å². The van der Waals surface area contributed by atoms with Gasteiger partial charge >= 0.3 is 29.8 Å². The number of hydrogen-bond donors (Lipinski definition) is 5. The van der Waals surface area contributed by atoms with Crippen molar-refractivity contribution in [1.82, 2.24) is 0 Å². The SMILES string of the molecule is C=C(C)C(=O)O.C=C(C)C(=O)O.C=C(C)C(=O)O.C=C(C)C(=O)O.C=C(C)C(=O)O. The zero-order chi connectivity index (χ0) is 25.8. The zero-order valence-corrected chi connectivity index (χ0v) is 17.8.